The summed E-state index contributed by atoms with van der Waals surface area (Å²) in [6.45, 7) is 2.72. The third-order valence-corrected chi connectivity index (χ3v) is 3.10. The normalized spacial score (nSPS) is 14.9. The summed E-state index contributed by atoms with van der Waals surface area (Å²) < 4.78 is 0. The molecule has 0 aliphatic carbocycles. The molecule has 0 amide bonds. The molecule has 3 nitrogen and oxygen atoms in total. The van der Waals surface area contributed by atoms with E-state index in [2.05, 4.69) is 22.8 Å². The van der Waals surface area contributed by atoms with Crippen molar-refractivity contribution in [3.63, 3.8) is 0 Å². The summed E-state index contributed by atoms with van der Waals surface area (Å²) in [7, 11) is 0. The number of halogens is 1. The summed E-state index contributed by atoms with van der Waals surface area (Å²) in [5.41, 5.74) is 2.69. The van der Waals surface area contributed by atoms with Crippen molar-refractivity contribution in [2.45, 2.75) is 6.42 Å². The Morgan fingerprint density at radius 1 is 1.47 bits per heavy atom. The molecule has 1 heterocycles. The quantitative estimate of drug-likeness (QED) is 0.807. The predicted octanol–water partition coefficient (Wildman–Crippen LogP) is 2.54. The van der Waals surface area contributed by atoms with Gasteiger partial charge in [-0.2, -0.15) is 5.26 Å². The summed E-state index contributed by atoms with van der Waals surface area (Å²) in [6, 6.07) is 7.59. The summed E-state index contributed by atoms with van der Waals surface area (Å²) in [4.78, 5) is 0. The maximum Gasteiger partial charge on any atom is 0.103 e. The largest absolute Gasteiger partial charge is 0.380 e. The van der Waals surface area contributed by atoms with Crippen LogP contribution in [0.15, 0.2) is 29.8 Å². The van der Waals surface area contributed by atoms with Gasteiger partial charge in [-0.25, -0.2) is 0 Å². The average Bonchev–Trinajstić information content (AvgIpc) is 2.37. The molecule has 0 radical (unpaired) electrons. The highest BCUT2D eigenvalue weighted by Gasteiger charge is 2.07. The first-order valence-corrected chi connectivity index (χ1v) is 6.00. The van der Waals surface area contributed by atoms with Gasteiger partial charge in [0.1, 0.15) is 6.07 Å². The van der Waals surface area contributed by atoms with Gasteiger partial charge < -0.3 is 10.6 Å². The van der Waals surface area contributed by atoms with E-state index < -0.39 is 0 Å². The van der Waals surface area contributed by atoms with E-state index in [0.29, 0.717) is 10.6 Å². The predicted molar refractivity (Wildman–Crippen MR) is 70.2 cm³/mol. The first-order chi connectivity index (χ1) is 8.31. The molecule has 0 unspecified atom stereocenters. The Bertz CT molecular complexity index is 474. The third-order valence-electron chi connectivity index (χ3n) is 2.79. The van der Waals surface area contributed by atoms with Gasteiger partial charge in [-0.3, -0.25) is 0 Å². The number of nitrogens with one attached hydrogen (secondary N) is 2. The molecule has 2 N–H and O–H groups in total. The molecule has 0 saturated carbocycles. The molecule has 0 fully saturated rings. The number of rotatable bonds is 3. The van der Waals surface area contributed by atoms with Crippen LogP contribution in [-0.4, -0.2) is 19.6 Å². The maximum atomic E-state index is 9.04. The lowest BCUT2D eigenvalue weighted by Gasteiger charge is -2.16. The van der Waals surface area contributed by atoms with E-state index in [4.69, 9.17) is 16.9 Å². The second kappa shape index (κ2) is 5.72. The zero-order valence-electron chi connectivity index (χ0n) is 9.46. The summed E-state index contributed by atoms with van der Waals surface area (Å²) in [6.07, 6.45) is 3.24. The van der Waals surface area contributed by atoms with Crippen LogP contribution in [0.3, 0.4) is 0 Å². The lowest BCUT2D eigenvalue weighted by molar-refractivity contribution is 0.698. The minimum absolute atomic E-state index is 0.497. The van der Waals surface area contributed by atoms with Gasteiger partial charge in [-0.1, -0.05) is 29.3 Å². The Labute approximate surface area is 106 Å². The van der Waals surface area contributed by atoms with E-state index in [1.165, 1.54) is 5.57 Å². The number of hydrogen-bond donors (Lipinski definition) is 2. The molecule has 1 aromatic rings. The van der Waals surface area contributed by atoms with Crippen LogP contribution in [0.5, 0.6) is 0 Å². The molecule has 2 rings (SSSR count). The number of hydrogen-bond acceptors (Lipinski definition) is 3. The fraction of sp³-hybridized carbons (Fsp3) is 0.308. The van der Waals surface area contributed by atoms with Gasteiger partial charge >= 0.3 is 0 Å². The molecule has 0 saturated heterocycles. The third kappa shape index (κ3) is 3.00. The Morgan fingerprint density at radius 3 is 3.06 bits per heavy atom. The van der Waals surface area contributed by atoms with Gasteiger partial charge in [0.25, 0.3) is 0 Å². The number of anilines is 1. The van der Waals surface area contributed by atoms with E-state index in [0.717, 1.165) is 31.7 Å². The highest BCUT2D eigenvalue weighted by atomic mass is 35.5. The van der Waals surface area contributed by atoms with E-state index in [9.17, 15) is 0 Å². The SMILES string of the molecule is N#Cc1c(Cl)cccc1NCC1=CCNCC1. The van der Waals surface area contributed by atoms with Crippen LogP contribution in [0.1, 0.15) is 12.0 Å². The molecule has 0 spiro atoms. The first kappa shape index (κ1) is 12.0. The molecule has 1 aliphatic heterocycles. The van der Waals surface area contributed by atoms with Gasteiger partial charge in [0, 0.05) is 13.1 Å². The van der Waals surface area contributed by atoms with E-state index in [1.54, 1.807) is 6.07 Å². The summed E-state index contributed by atoms with van der Waals surface area (Å²) in [5, 5.41) is 16.1. The molecular formula is C13H14ClN3. The second-order valence-electron chi connectivity index (χ2n) is 3.94. The molecule has 17 heavy (non-hydrogen) atoms. The first-order valence-electron chi connectivity index (χ1n) is 5.62. The van der Waals surface area contributed by atoms with Gasteiger partial charge in [0.05, 0.1) is 16.3 Å². The van der Waals surface area contributed by atoms with E-state index >= 15 is 0 Å². The number of nitrogens with zero attached hydrogens (tertiary/aromatic N) is 1. The summed E-state index contributed by atoms with van der Waals surface area (Å²) in [5.74, 6) is 0. The maximum absolute atomic E-state index is 9.04. The van der Waals surface area contributed by atoms with Crippen molar-refractivity contribution in [2.24, 2.45) is 0 Å². The molecule has 88 valence electrons. The van der Waals surface area contributed by atoms with Crippen molar-refractivity contribution in [1.29, 1.82) is 5.26 Å². The number of nitriles is 1. The summed E-state index contributed by atoms with van der Waals surface area (Å²) >= 11 is 5.96. The van der Waals surface area contributed by atoms with Crippen molar-refractivity contribution in [2.75, 3.05) is 25.0 Å². The molecule has 4 heteroatoms. The molecule has 0 aromatic heterocycles. The minimum atomic E-state index is 0.497. The minimum Gasteiger partial charge on any atom is -0.380 e. The van der Waals surface area contributed by atoms with Crippen molar-refractivity contribution >= 4 is 17.3 Å². The van der Waals surface area contributed by atoms with Crippen LogP contribution >= 0.6 is 11.6 Å². The topological polar surface area (TPSA) is 47.9 Å². The monoisotopic (exact) mass is 247 g/mol. The molecular weight excluding hydrogens is 234 g/mol. The highest BCUT2D eigenvalue weighted by Crippen LogP contribution is 2.23. The molecule has 0 bridgehead atoms. The Morgan fingerprint density at radius 2 is 2.35 bits per heavy atom. The van der Waals surface area contributed by atoms with Gasteiger partial charge in [-0.05, 0) is 25.1 Å². The van der Waals surface area contributed by atoms with Crippen molar-refractivity contribution in [3.05, 3.63) is 40.4 Å². The van der Waals surface area contributed by atoms with Crippen LogP contribution in [0.2, 0.25) is 5.02 Å². The van der Waals surface area contributed by atoms with Crippen molar-refractivity contribution in [3.8, 4) is 6.07 Å². The molecule has 1 aliphatic rings. The van der Waals surface area contributed by atoms with Crippen molar-refractivity contribution < 1.29 is 0 Å². The average molecular weight is 248 g/mol. The Balaban J connectivity index is 2.06. The highest BCUT2D eigenvalue weighted by molar-refractivity contribution is 6.32. The fourth-order valence-electron chi connectivity index (χ4n) is 1.82. The van der Waals surface area contributed by atoms with E-state index in [1.807, 2.05) is 12.1 Å². The Kier molecular flexibility index (Phi) is 4.03. The smallest absolute Gasteiger partial charge is 0.103 e. The zero-order valence-corrected chi connectivity index (χ0v) is 10.2. The molecule has 0 atom stereocenters. The van der Waals surface area contributed by atoms with Crippen LogP contribution in [0.25, 0.3) is 0 Å². The van der Waals surface area contributed by atoms with E-state index in [-0.39, 0.29) is 0 Å². The Hall–Kier alpha value is -1.50. The van der Waals surface area contributed by atoms with Crippen molar-refractivity contribution in [1.82, 2.24) is 5.32 Å². The van der Waals surface area contributed by atoms with Crippen LogP contribution < -0.4 is 10.6 Å². The van der Waals surface area contributed by atoms with Gasteiger partial charge in [0.15, 0.2) is 0 Å². The van der Waals surface area contributed by atoms with Crippen LogP contribution in [0, 0.1) is 11.3 Å². The van der Waals surface area contributed by atoms with Crippen LogP contribution in [-0.2, 0) is 0 Å². The lowest BCUT2D eigenvalue weighted by atomic mass is 10.1. The second-order valence-corrected chi connectivity index (χ2v) is 4.35. The van der Waals surface area contributed by atoms with Crippen LogP contribution in [0.4, 0.5) is 5.69 Å². The lowest BCUT2D eigenvalue weighted by Crippen LogP contribution is -2.23. The van der Waals surface area contributed by atoms with Gasteiger partial charge in [0.2, 0.25) is 0 Å². The van der Waals surface area contributed by atoms with Gasteiger partial charge in [-0.15, -0.1) is 0 Å². The zero-order chi connectivity index (χ0) is 12.1. The number of benzene rings is 1. The standard InChI is InChI=1S/C13H14ClN3/c14-12-2-1-3-13(11(12)8-15)17-9-10-4-6-16-7-5-10/h1-4,16-17H,5-7,9H2. The molecule has 1 aromatic carbocycles. The fourth-order valence-corrected chi connectivity index (χ4v) is 2.04.